The summed E-state index contributed by atoms with van der Waals surface area (Å²) in [5.74, 6) is 1.20. The highest BCUT2D eigenvalue weighted by Crippen LogP contribution is 2.29. The van der Waals surface area contributed by atoms with Crippen molar-refractivity contribution < 1.29 is 14.3 Å². The molecule has 108 valence electrons. The number of nitrogens with zero attached hydrogens (tertiary/aromatic N) is 1. The van der Waals surface area contributed by atoms with Crippen LogP contribution in [0.4, 0.5) is 4.79 Å². The normalized spacial score (nSPS) is 24.1. The zero-order chi connectivity index (χ0) is 14.0. The molecular weight excluding hydrogens is 264 g/mol. The van der Waals surface area contributed by atoms with Gasteiger partial charge >= 0.3 is 6.03 Å². The van der Waals surface area contributed by atoms with Crippen molar-refractivity contribution >= 4 is 24.6 Å². The molecule has 0 aliphatic carbocycles. The third kappa shape index (κ3) is 2.74. The molecule has 1 N–H and O–H groups in total. The summed E-state index contributed by atoms with van der Waals surface area (Å²) >= 11 is 4.32. The molecule has 1 spiro atoms. The van der Waals surface area contributed by atoms with Gasteiger partial charge in [-0.25, -0.2) is 4.79 Å². The number of hydrogen-bond acceptors (Lipinski definition) is 4. The Hall–Kier alpha value is -0.750. The summed E-state index contributed by atoms with van der Waals surface area (Å²) in [6.45, 7) is 5.68. The average Bonchev–Trinajstić information content (AvgIpc) is 2.60. The standard InChI is InChI=1S/C13H22N2O3S/c1-9(2)10(8-19)7-15-11(16)13(14-12(15)17)3-5-18-6-4-13/h9-10,19H,3-8H2,1-2H3,(H,14,17). The fourth-order valence-electron chi connectivity index (χ4n) is 2.61. The van der Waals surface area contributed by atoms with Gasteiger partial charge in [-0.15, -0.1) is 0 Å². The second-order valence-electron chi connectivity index (χ2n) is 5.73. The molecule has 1 unspecified atom stereocenters. The Morgan fingerprint density at radius 3 is 2.53 bits per heavy atom. The van der Waals surface area contributed by atoms with Crippen LogP contribution >= 0.6 is 12.6 Å². The highest BCUT2D eigenvalue weighted by atomic mass is 32.1. The summed E-state index contributed by atoms with van der Waals surface area (Å²) in [6.07, 6.45) is 1.14. The van der Waals surface area contributed by atoms with Gasteiger partial charge in [-0.3, -0.25) is 9.69 Å². The first-order valence-corrected chi connectivity index (χ1v) is 7.46. The molecule has 6 heteroatoms. The first-order valence-electron chi connectivity index (χ1n) is 6.83. The Morgan fingerprint density at radius 1 is 1.37 bits per heavy atom. The second-order valence-corrected chi connectivity index (χ2v) is 6.09. The van der Waals surface area contributed by atoms with Crippen LogP contribution in [0, 0.1) is 11.8 Å². The minimum atomic E-state index is -0.715. The van der Waals surface area contributed by atoms with Gasteiger partial charge < -0.3 is 10.1 Å². The topological polar surface area (TPSA) is 58.6 Å². The van der Waals surface area contributed by atoms with Gasteiger partial charge in [0.25, 0.3) is 5.91 Å². The number of imide groups is 1. The van der Waals surface area contributed by atoms with E-state index in [1.807, 2.05) is 0 Å². The lowest BCUT2D eigenvalue weighted by Crippen LogP contribution is -2.51. The van der Waals surface area contributed by atoms with Crippen molar-refractivity contribution in [2.24, 2.45) is 11.8 Å². The van der Waals surface area contributed by atoms with Crippen LogP contribution in [0.15, 0.2) is 0 Å². The number of thiol groups is 1. The van der Waals surface area contributed by atoms with Crippen molar-refractivity contribution in [3.63, 3.8) is 0 Å². The largest absolute Gasteiger partial charge is 0.381 e. The maximum Gasteiger partial charge on any atom is 0.325 e. The third-order valence-corrected chi connectivity index (χ3v) is 4.66. The lowest BCUT2D eigenvalue weighted by molar-refractivity contribution is -0.135. The Morgan fingerprint density at radius 2 is 2.00 bits per heavy atom. The van der Waals surface area contributed by atoms with E-state index in [1.54, 1.807) is 0 Å². The van der Waals surface area contributed by atoms with Crippen LogP contribution in [0.1, 0.15) is 26.7 Å². The highest BCUT2D eigenvalue weighted by Gasteiger charge is 2.51. The van der Waals surface area contributed by atoms with Crippen LogP contribution in [0.2, 0.25) is 0 Å². The smallest absolute Gasteiger partial charge is 0.325 e. The zero-order valence-electron chi connectivity index (χ0n) is 11.5. The van der Waals surface area contributed by atoms with Gasteiger partial charge in [0, 0.05) is 32.6 Å². The van der Waals surface area contributed by atoms with E-state index in [9.17, 15) is 9.59 Å². The molecular formula is C13H22N2O3S. The predicted molar refractivity (Wildman–Crippen MR) is 75.2 cm³/mol. The minimum absolute atomic E-state index is 0.0896. The number of ether oxygens (including phenoxy) is 1. The number of carbonyl (C=O) groups is 2. The number of urea groups is 1. The molecule has 0 aromatic heterocycles. The van der Waals surface area contributed by atoms with E-state index in [4.69, 9.17) is 4.74 Å². The number of nitrogens with one attached hydrogen (secondary N) is 1. The fraction of sp³-hybridized carbons (Fsp3) is 0.846. The van der Waals surface area contributed by atoms with Crippen molar-refractivity contribution in [2.45, 2.75) is 32.2 Å². The van der Waals surface area contributed by atoms with Gasteiger partial charge in [0.15, 0.2) is 0 Å². The van der Waals surface area contributed by atoms with Crippen LogP contribution in [0.3, 0.4) is 0 Å². The van der Waals surface area contributed by atoms with E-state index in [2.05, 4.69) is 31.8 Å². The number of rotatable bonds is 4. The number of amides is 3. The number of carbonyl (C=O) groups excluding carboxylic acids is 2. The summed E-state index contributed by atoms with van der Waals surface area (Å²) < 4.78 is 5.28. The lowest BCUT2D eigenvalue weighted by Gasteiger charge is -2.31. The maximum atomic E-state index is 12.5. The molecule has 0 bridgehead atoms. The Balaban J connectivity index is 2.10. The summed E-state index contributed by atoms with van der Waals surface area (Å²) in [5, 5.41) is 2.87. The van der Waals surface area contributed by atoms with Gasteiger partial charge in [-0.1, -0.05) is 13.8 Å². The van der Waals surface area contributed by atoms with Gasteiger partial charge in [-0.2, -0.15) is 12.6 Å². The molecule has 0 aromatic rings. The SMILES string of the molecule is CC(C)C(CS)CN1C(=O)NC2(CCOCC2)C1=O. The molecule has 19 heavy (non-hydrogen) atoms. The van der Waals surface area contributed by atoms with Crippen molar-refractivity contribution in [1.29, 1.82) is 0 Å². The van der Waals surface area contributed by atoms with Crippen LogP contribution in [-0.2, 0) is 9.53 Å². The summed E-state index contributed by atoms with van der Waals surface area (Å²) in [4.78, 5) is 26.0. The molecule has 2 rings (SSSR count). The van der Waals surface area contributed by atoms with Crippen LogP contribution in [0.5, 0.6) is 0 Å². The van der Waals surface area contributed by atoms with E-state index >= 15 is 0 Å². The second kappa shape index (κ2) is 5.71. The Labute approximate surface area is 119 Å². The first-order chi connectivity index (χ1) is 9.00. The molecule has 0 aromatic carbocycles. The highest BCUT2D eigenvalue weighted by molar-refractivity contribution is 7.80. The Kier molecular flexibility index (Phi) is 4.40. The minimum Gasteiger partial charge on any atom is -0.381 e. The lowest BCUT2D eigenvalue weighted by atomic mass is 9.89. The van der Waals surface area contributed by atoms with E-state index in [1.165, 1.54) is 4.90 Å². The quantitative estimate of drug-likeness (QED) is 0.605. The van der Waals surface area contributed by atoms with Gasteiger partial charge in [0.1, 0.15) is 5.54 Å². The average molecular weight is 286 g/mol. The first kappa shape index (κ1) is 14.7. The van der Waals surface area contributed by atoms with Crippen molar-refractivity contribution in [3.05, 3.63) is 0 Å². The summed E-state index contributed by atoms with van der Waals surface area (Å²) in [7, 11) is 0. The molecule has 2 saturated heterocycles. The maximum absolute atomic E-state index is 12.5. The fourth-order valence-corrected chi connectivity index (χ4v) is 3.15. The Bertz CT molecular complexity index is 367. The van der Waals surface area contributed by atoms with E-state index in [0.717, 1.165) is 0 Å². The molecule has 0 radical (unpaired) electrons. The van der Waals surface area contributed by atoms with E-state index in [0.29, 0.717) is 44.3 Å². The molecule has 0 saturated carbocycles. The van der Waals surface area contributed by atoms with E-state index in [-0.39, 0.29) is 17.9 Å². The molecule has 5 nitrogen and oxygen atoms in total. The molecule has 3 amide bonds. The van der Waals surface area contributed by atoms with Crippen LogP contribution in [-0.4, -0.2) is 47.9 Å². The molecule has 2 aliphatic heterocycles. The van der Waals surface area contributed by atoms with Crippen molar-refractivity contribution in [3.8, 4) is 0 Å². The molecule has 2 aliphatic rings. The molecule has 2 heterocycles. The molecule has 2 fully saturated rings. The van der Waals surface area contributed by atoms with Crippen LogP contribution < -0.4 is 5.32 Å². The van der Waals surface area contributed by atoms with Crippen molar-refractivity contribution in [2.75, 3.05) is 25.5 Å². The van der Waals surface area contributed by atoms with Crippen LogP contribution in [0.25, 0.3) is 0 Å². The molecule has 1 atom stereocenters. The summed E-state index contributed by atoms with van der Waals surface area (Å²) in [6, 6.07) is -0.265. The van der Waals surface area contributed by atoms with Gasteiger partial charge in [-0.05, 0) is 17.6 Å². The van der Waals surface area contributed by atoms with E-state index < -0.39 is 5.54 Å². The van der Waals surface area contributed by atoms with Gasteiger partial charge in [0.2, 0.25) is 0 Å². The predicted octanol–water partition coefficient (Wildman–Crippen LogP) is 1.29. The zero-order valence-corrected chi connectivity index (χ0v) is 12.4. The third-order valence-electron chi connectivity index (χ3n) is 4.19. The summed E-state index contributed by atoms with van der Waals surface area (Å²) in [5.41, 5.74) is -0.715. The van der Waals surface area contributed by atoms with Gasteiger partial charge in [0.05, 0.1) is 0 Å². The number of hydrogen-bond donors (Lipinski definition) is 2. The monoisotopic (exact) mass is 286 g/mol. The van der Waals surface area contributed by atoms with Crippen molar-refractivity contribution in [1.82, 2.24) is 10.2 Å².